The van der Waals surface area contributed by atoms with Gasteiger partial charge in [-0.15, -0.1) is 0 Å². The Hall–Kier alpha value is -1.13. The fourth-order valence-electron chi connectivity index (χ4n) is 2.59. The van der Waals surface area contributed by atoms with Gasteiger partial charge >= 0.3 is 0 Å². The highest BCUT2D eigenvalue weighted by Gasteiger charge is 2.22. The van der Waals surface area contributed by atoms with Crippen LogP contribution in [-0.4, -0.2) is 32.4 Å². The van der Waals surface area contributed by atoms with Crippen LogP contribution < -0.4 is 14.8 Å². The van der Waals surface area contributed by atoms with Crippen LogP contribution in [0.2, 0.25) is 5.02 Å². The van der Waals surface area contributed by atoms with Crippen molar-refractivity contribution in [3.05, 3.63) is 16.7 Å². The van der Waals surface area contributed by atoms with Crippen LogP contribution in [0.3, 0.4) is 0 Å². The Morgan fingerprint density at radius 3 is 2.58 bits per heavy atom. The molecule has 4 nitrogen and oxygen atoms in total. The van der Waals surface area contributed by atoms with Crippen molar-refractivity contribution in [2.75, 3.05) is 27.3 Å². The number of nitrogens with one attached hydrogen (secondary N) is 1. The quantitative estimate of drug-likeness (QED) is 0.893. The zero-order valence-electron chi connectivity index (χ0n) is 11.3. The van der Waals surface area contributed by atoms with Crippen molar-refractivity contribution in [3.63, 3.8) is 0 Å². The van der Waals surface area contributed by atoms with Gasteiger partial charge in [0.15, 0.2) is 11.5 Å². The maximum Gasteiger partial charge on any atom is 0.165 e. The van der Waals surface area contributed by atoms with Gasteiger partial charge in [-0.2, -0.15) is 0 Å². The van der Waals surface area contributed by atoms with E-state index in [1.807, 2.05) is 0 Å². The van der Waals surface area contributed by atoms with Gasteiger partial charge in [-0.05, 0) is 38.3 Å². The number of phenols is 1. The van der Waals surface area contributed by atoms with Crippen molar-refractivity contribution in [2.45, 2.75) is 19.3 Å². The van der Waals surface area contributed by atoms with Gasteiger partial charge in [-0.3, -0.25) is 0 Å². The van der Waals surface area contributed by atoms with Gasteiger partial charge in [0.25, 0.3) is 0 Å². The number of rotatable bonds is 4. The second-order valence-corrected chi connectivity index (χ2v) is 5.20. The number of phenolic OH excluding ortho intramolecular Hbond substituents is 1. The molecule has 0 amide bonds. The third kappa shape index (κ3) is 3.07. The van der Waals surface area contributed by atoms with Gasteiger partial charge < -0.3 is 19.9 Å². The summed E-state index contributed by atoms with van der Waals surface area (Å²) < 4.78 is 10.7. The summed E-state index contributed by atoms with van der Waals surface area (Å²) in [6.45, 7) is 2.06. The van der Waals surface area contributed by atoms with E-state index in [-0.39, 0.29) is 5.75 Å². The molecule has 1 aromatic carbocycles. The molecule has 19 heavy (non-hydrogen) atoms. The highest BCUT2D eigenvalue weighted by Crippen LogP contribution is 2.43. The molecule has 1 fully saturated rings. The lowest BCUT2D eigenvalue weighted by molar-refractivity contribution is 0.336. The lowest BCUT2D eigenvalue weighted by Crippen LogP contribution is -2.28. The first-order valence-corrected chi connectivity index (χ1v) is 6.88. The monoisotopic (exact) mass is 285 g/mol. The summed E-state index contributed by atoms with van der Waals surface area (Å²) in [5, 5.41) is 13.6. The molecule has 0 aromatic heterocycles. The predicted molar refractivity (Wildman–Crippen MR) is 75.5 cm³/mol. The van der Waals surface area contributed by atoms with Crippen LogP contribution in [0, 0.1) is 5.92 Å². The topological polar surface area (TPSA) is 50.7 Å². The van der Waals surface area contributed by atoms with E-state index in [1.165, 1.54) is 6.07 Å². The van der Waals surface area contributed by atoms with Crippen LogP contribution in [0.1, 0.15) is 18.4 Å². The molecule has 0 spiro atoms. The minimum atomic E-state index is 0.0447. The van der Waals surface area contributed by atoms with Gasteiger partial charge in [0, 0.05) is 11.6 Å². The Balaban J connectivity index is 2.33. The molecule has 0 aliphatic carbocycles. The lowest BCUT2D eigenvalue weighted by atomic mass is 9.90. The molecule has 0 bridgehead atoms. The van der Waals surface area contributed by atoms with Gasteiger partial charge in [0.2, 0.25) is 0 Å². The third-order valence-electron chi connectivity index (χ3n) is 3.63. The van der Waals surface area contributed by atoms with Crippen molar-refractivity contribution < 1.29 is 14.6 Å². The Bertz CT molecular complexity index is 445. The van der Waals surface area contributed by atoms with Crippen molar-refractivity contribution in [3.8, 4) is 17.2 Å². The number of aromatic hydroxyl groups is 1. The SMILES string of the molecule is COc1cc(O)c(Cl)c(CC2CCNCC2)c1OC. The molecule has 2 N–H and O–H groups in total. The molecular weight excluding hydrogens is 266 g/mol. The summed E-state index contributed by atoms with van der Waals surface area (Å²) in [4.78, 5) is 0. The van der Waals surface area contributed by atoms with E-state index in [0.29, 0.717) is 22.4 Å². The smallest absolute Gasteiger partial charge is 0.165 e. The zero-order valence-corrected chi connectivity index (χ0v) is 12.1. The van der Waals surface area contributed by atoms with Crippen LogP contribution in [0.15, 0.2) is 6.07 Å². The lowest BCUT2D eigenvalue weighted by Gasteiger charge is -2.24. The van der Waals surface area contributed by atoms with E-state index >= 15 is 0 Å². The molecular formula is C14H20ClNO3. The maximum absolute atomic E-state index is 9.88. The fraction of sp³-hybridized carbons (Fsp3) is 0.571. The molecule has 5 heteroatoms. The predicted octanol–water partition coefficient (Wildman–Crippen LogP) is 2.60. The van der Waals surface area contributed by atoms with Crippen LogP contribution in [-0.2, 0) is 6.42 Å². The normalized spacial score (nSPS) is 16.4. The molecule has 106 valence electrons. The van der Waals surface area contributed by atoms with E-state index in [9.17, 15) is 5.11 Å². The van der Waals surface area contributed by atoms with Crippen LogP contribution in [0.5, 0.6) is 17.2 Å². The second kappa shape index (κ2) is 6.35. The fourth-order valence-corrected chi connectivity index (χ4v) is 2.81. The Morgan fingerprint density at radius 1 is 1.32 bits per heavy atom. The molecule has 1 saturated heterocycles. The number of ether oxygens (including phenoxy) is 2. The molecule has 1 aliphatic rings. The average Bonchev–Trinajstić information content (AvgIpc) is 2.44. The summed E-state index contributed by atoms with van der Waals surface area (Å²) in [5.74, 6) is 1.75. The van der Waals surface area contributed by atoms with E-state index in [1.54, 1.807) is 14.2 Å². The molecule has 0 unspecified atom stereocenters. The minimum absolute atomic E-state index is 0.0447. The number of methoxy groups -OCH3 is 2. The third-order valence-corrected chi connectivity index (χ3v) is 4.05. The molecule has 1 aromatic rings. The summed E-state index contributed by atoms with van der Waals surface area (Å²) in [7, 11) is 3.15. The van der Waals surface area contributed by atoms with Crippen LogP contribution >= 0.6 is 11.6 Å². The number of halogens is 1. The summed E-state index contributed by atoms with van der Waals surface area (Å²) in [6.07, 6.45) is 3.02. The number of benzene rings is 1. The van der Waals surface area contributed by atoms with E-state index in [0.717, 1.165) is 37.9 Å². The summed E-state index contributed by atoms with van der Waals surface area (Å²) in [5.41, 5.74) is 0.841. The molecule has 2 rings (SSSR count). The zero-order chi connectivity index (χ0) is 13.8. The van der Waals surface area contributed by atoms with Crippen molar-refractivity contribution in [1.82, 2.24) is 5.32 Å². The summed E-state index contributed by atoms with van der Waals surface area (Å²) >= 11 is 6.22. The maximum atomic E-state index is 9.88. The van der Waals surface area contributed by atoms with Crippen LogP contribution in [0.4, 0.5) is 0 Å². The largest absolute Gasteiger partial charge is 0.506 e. The van der Waals surface area contributed by atoms with Gasteiger partial charge in [-0.25, -0.2) is 0 Å². The average molecular weight is 286 g/mol. The Labute approximate surface area is 118 Å². The first-order valence-electron chi connectivity index (χ1n) is 6.50. The molecule has 1 heterocycles. The van der Waals surface area contributed by atoms with E-state index in [2.05, 4.69) is 5.32 Å². The number of hydrogen-bond donors (Lipinski definition) is 2. The summed E-state index contributed by atoms with van der Waals surface area (Å²) in [6, 6.07) is 1.49. The van der Waals surface area contributed by atoms with Crippen molar-refractivity contribution in [1.29, 1.82) is 0 Å². The Kier molecular flexibility index (Phi) is 4.77. The molecule has 1 aliphatic heterocycles. The van der Waals surface area contributed by atoms with Gasteiger partial charge in [-0.1, -0.05) is 11.6 Å². The minimum Gasteiger partial charge on any atom is -0.506 e. The molecule has 0 saturated carbocycles. The van der Waals surface area contributed by atoms with E-state index < -0.39 is 0 Å². The highest BCUT2D eigenvalue weighted by atomic mass is 35.5. The highest BCUT2D eigenvalue weighted by molar-refractivity contribution is 6.33. The van der Waals surface area contributed by atoms with Crippen LogP contribution in [0.25, 0.3) is 0 Å². The number of piperidine rings is 1. The number of hydrogen-bond acceptors (Lipinski definition) is 4. The second-order valence-electron chi connectivity index (χ2n) is 4.82. The first-order chi connectivity index (χ1) is 9.17. The molecule has 0 atom stereocenters. The Morgan fingerprint density at radius 2 is 2.00 bits per heavy atom. The first kappa shape index (κ1) is 14.3. The van der Waals surface area contributed by atoms with Crippen molar-refractivity contribution in [2.24, 2.45) is 5.92 Å². The van der Waals surface area contributed by atoms with Gasteiger partial charge in [0.05, 0.1) is 19.2 Å². The molecule has 0 radical (unpaired) electrons. The van der Waals surface area contributed by atoms with Gasteiger partial charge in [0.1, 0.15) is 5.75 Å². The standard InChI is InChI=1S/C14H20ClNO3/c1-18-12-8-11(17)13(15)10(14(12)19-2)7-9-3-5-16-6-4-9/h8-9,16-17H,3-7H2,1-2H3. The van der Waals surface area contributed by atoms with Crippen molar-refractivity contribution >= 4 is 11.6 Å². The van der Waals surface area contributed by atoms with E-state index in [4.69, 9.17) is 21.1 Å².